The van der Waals surface area contributed by atoms with E-state index in [1.165, 1.54) is 0 Å². The van der Waals surface area contributed by atoms with Gasteiger partial charge in [-0.3, -0.25) is 9.59 Å². The number of hydrogen-bond acceptors (Lipinski definition) is 3. The predicted molar refractivity (Wildman–Crippen MR) is 95.1 cm³/mol. The fourth-order valence-electron chi connectivity index (χ4n) is 2.11. The molecular weight excluding hydrogens is 326 g/mol. The number of amides is 1. The lowest BCUT2D eigenvalue weighted by molar-refractivity contribution is -0.158. The summed E-state index contributed by atoms with van der Waals surface area (Å²) in [5.41, 5.74) is 0.589. The Morgan fingerprint density at radius 2 is 1.62 bits per heavy atom. The van der Waals surface area contributed by atoms with Crippen LogP contribution in [-0.4, -0.2) is 18.0 Å². The van der Waals surface area contributed by atoms with Gasteiger partial charge in [0.25, 0.3) is 5.91 Å². The van der Waals surface area contributed by atoms with Crippen LogP contribution >= 0.6 is 11.6 Å². The van der Waals surface area contributed by atoms with Crippen LogP contribution in [0.2, 0.25) is 5.02 Å². The lowest BCUT2D eigenvalue weighted by Gasteiger charge is -2.25. The van der Waals surface area contributed by atoms with Crippen molar-refractivity contribution in [3.63, 3.8) is 0 Å². The van der Waals surface area contributed by atoms with Gasteiger partial charge in [0, 0.05) is 10.7 Å². The van der Waals surface area contributed by atoms with Gasteiger partial charge in [0.15, 0.2) is 6.10 Å². The van der Waals surface area contributed by atoms with Crippen molar-refractivity contribution in [2.75, 3.05) is 5.32 Å². The van der Waals surface area contributed by atoms with Crippen molar-refractivity contribution in [1.82, 2.24) is 0 Å². The average Bonchev–Trinajstić information content (AvgIpc) is 2.57. The summed E-state index contributed by atoms with van der Waals surface area (Å²) in [6.07, 6.45) is -0.906. The first-order valence-corrected chi connectivity index (χ1v) is 8.01. The summed E-state index contributed by atoms with van der Waals surface area (Å²) in [5.74, 6) is -0.845. The minimum atomic E-state index is -0.906. The number of carbonyl (C=O) groups excluding carboxylic acids is 2. The highest BCUT2D eigenvalue weighted by Crippen LogP contribution is 2.25. The molecule has 2 rings (SSSR count). The smallest absolute Gasteiger partial charge is 0.316 e. The molecule has 0 saturated carbocycles. The van der Waals surface area contributed by atoms with Crippen molar-refractivity contribution < 1.29 is 14.3 Å². The fraction of sp³-hybridized carbons (Fsp3) is 0.263. The monoisotopic (exact) mass is 345 g/mol. The molecule has 0 radical (unpaired) electrons. The Morgan fingerprint density at radius 3 is 2.21 bits per heavy atom. The molecule has 0 bridgehead atoms. The minimum absolute atomic E-state index is 0.394. The average molecular weight is 346 g/mol. The maximum Gasteiger partial charge on any atom is 0.316 e. The van der Waals surface area contributed by atoms with Crippen LogP contribution in [-0.2, 0) is 19.7 Å². The second kappa shape index (κ2) is 7.49. The third kappa shape index (κ3) is 4.36. The zero-order chi connectivity index (χ0) is 17.7. The Balaban J connectivity index is 2.00. The second-order valence-corrected chi connectivity index (χ2v) is 6.47. The molecule has 2 aromatic carbocycles. The largest absolute Gasteiger partial charge is 0.452 e. The fourth-order valence-corrected chi connectivity index (χ4v) is 2.24. The molecule has 0 unspecified atom stereocenters. The Bertz CT molecular complexity index is 711. The van der Waals surface area contributed by atoms with Gasteiger partial charge in [-0.05, 0) is 50.6 Å². The lowest BCUT2D eigenvalue weighted by atomic mass is 9.85. The van der Waals surface area contributed by atoms with E-state index in [1.54, 1.807) is 45.0 Å². The van der Waals surface area contributed by atoms with Crippen LogP contribution in [0.25, 0.3) is 0 Å². The SMILES string of the molecule is C[C@H](OC(=O)C(C)(C)c1ccccc1)C(=O)Nc1ccc(Cl)cc1. The molecule has 0 aliphatic rings. The highest BCUT2D eigenvalue weighted by atomic mass is 35.5. The molecule has 126 valence electrons. The maximum atomic E-state index is 12.5. The topological polar surface area (TPSA) is 55.4 Å². The van der Waals surface area contributed by atoms with Crippen molar-refractivity contribution in [1.29, 1.82) is 0 Å². The Hall–Kier alpha value is -2.33. The maximum absolute atomic E-state index is 12.5. The van der Waals surface area contributed by atoms with Crippen molar-refractivity contribution in [2.45, 2.75) is 32.3 Å². The third-order valence-corrected chi connectivity index (χ3v) is 4.02. The van der Waals surface area contributed by atoms with E-state index in [4.69, 9.17) is 16.3 Å². The number of halogens is 1. The van der Waals surface area contributed by atoms with E-state index in [2.05, 4.69) is 5.32 Å². The van der Waals surface area contributed by atoms with Gasteiger partial charge in [-0.15, -0.1) is 0 Å². The summed E-state index contributed by atoms with van der Waals surface area (Å²) in [5, 5.41) is 3.27. The van der Waals surface area contributed by atoms with E-state index in [0.717, 1.165) is 5.56 Å². The van der Waals surface area contributed by atoms with Gasteiger partial charge in [0.05, 0.1) is 5.41 Å². The Kier molecular flexibility index (Phi) is 5.62. The lowest BCUT2D eigenvalue weighted by Crippen LogP contribution is -2.37. The van der Waals surface area contributed by atoms with Crippen LogP contribution in [0.3, 0.4) is 0 Å². The van der Waals surface area contributed by atoms with Crippen LogP contribution in [0.4, 0.5) is 5.69 Å². The highest BCUT2D eigenvalue weighted by Gasteiger charge is 2.33. The molecule has 0 heterocycles. The standard InChI is InChI=1S/C19H20ClNO3/c1-13(17(22)21-16-11-9-15(20)10-12-16)24-18(23)19(2,3)14-7-5-4-6-8-14/h4-13H,1-3H3,(H,21,22)/t13-/m0/s1. The van der Waals surface area contributed by atoms with Crippen molar-refractivity contribution in [2.24, 2.45) is 0 Å². The summed E-state index contributed by atoms with van der Waals surface area (Å²) in [7, 11) is 0. The van der Waals surface area contributed by atoms with Gasteiger partial charge >= 0.3 is 5.97 Å². The van der Waals surface area contributed by atoms with E-state index in [9.17, 15) is 9.59 Å². The van der Waals surface area contributed by atoms with Gasteiger partial charge in [0.2, 0.25) is 0 Å². The van der Waals surface area contributed by atoms with E-state index < -0.39 is 23.4 Å². The number of benzene rings is 2. The van der Waals surface area contributed by atoms with Crippen LogP contribution in [0.1, 0.15) is 26.3 Å². The quantitative estimate of drug-likeness (QED) is 0.827. The summed E-state index contributed by atoms with van der Waals surface area (Å²) in [4.78, 5) is 24.6. The molecule has 1 N–H and O–H groups in total. The number of hydrogen-bond donors (Lipinski definition) is 1. The van der Waals surface area contributed by atoms with E-state index in [0.29, 0.717) is 10.7 Å². The molecule has 4 nitrogen and oxygen atoms in total. The van der Waals surface area contributed by atoms with Gasteiger partial charge < -0.3 is 10.1 Å². The second-order valence-electron chi connectivity index (χ2n) is 6.03. The first kappa shape index (κ1) is 18.0. The number of ether oxygens (including phenoxy) is 1. The van der Waals surface area contributed by atoms with Crippen LogP contribution < -0.4 is 5.32 Å². The summed E-state index contributed by atoms with van der Waals surface area (Å²) >= 11 is 5.81. The zero-order valence-electron chi connectivity index (χ0n) is 13.9. The summed E-state index contributed by atoms with van der Waals surface area (Å²) in [6.45, 7) is 5.09. The van der Waals surface area contributed by atoms with Gasteiger partial charge in [0.1, 0.15) is 0 Å². The van der Waals surface area contributed by atoms with E-state index in [-0.39, 0.29) is 0 Å². The number of carbonyl (C=O) groups is 2. The molecule has 1 atom stereocenters. The molecule has 0 aliphatic carbocycles. The van der Waals surface area contributed by atoms with Crippen molar-refractivity contribution in [3.05, 3.63) is 65.2 Å². The van der Waals surface area contributed by atoms with Gasteiger partial charge in [-0.1, -0.05) is 41.9 Å². The normalized spacial score (nSPS) is 12.3. The van der Waals surface area contributed by atoms with Crippen LogP contribution in [0.5, 0.6) is 0 Å². The Morgan fingerprint density at radius 1 is 1.04 bits per heavy atom. The molecule has 0 fully saturated rings. The molecule has 24 heavy (non-hydrogen) atoms. The molecule has 0 saturated heterocycles. The predicted octanol–water partition coefficient (Wildman–Crippen LogP) is 4.19. The number of rotatable bonds is 5. The van der Waals surface area contributed by atoms with Crippen molar-refractivity contribution >= 4 is 29.2 Å². The number of anilines is 1. The van der Waals surface area contributed by atoms with Crippen LogP contribution in [0.15, 0.2) is 54.6 Å². The van der Waals surface area contributed by atoms with E-state index >= 15 is 0 Å². The zero-order valence-corrected chi connectivity index (χ0v) is 14.6. The number of nitrogens with one attached hydrogen (secondary N) is 1. The molecular formula is C19H20ClNO3. The molecule has 5 heteroatoms. The molecule has 2 aromatic rings. The first-order chi connectivity index (χ1) is 11.3. The summed E-state index contributed by atoms with van der Waals surface area (Å²) in [6, 6.07) is 16.0. The molecule has 0 spiro atoms. The molecule has 0 aromatic heterocycles. The molecule has 1 amide bonds. The van der Waals surface area contributed by atoms with Gasteiger partial charge in [-0.25, -0.2) is 0 Å². The number of esters is 1. The third-order valence-electron chi connectivity index (χ3n) is 3.77. The molecule has 0 aliphatic heterocycles. The van der Waals surface area contributed by atoms with Gasteiger partial charge in [-0.2, -0.15) is 0 Å². The van der Waals surface area contributed by atoms with E-state index in [1.807, 2.05) is 30.3 Å². The van der Waals surface area contributed by atoms with Crippen molar-refractivity contribution in [3.8, 4) is 0 Å². The first-order valence-electron chi connectivity index (χ1n) is 7.64. The summed E-state index contributed by atoms with van der Waals surface area (Å²) < 4.78 is 5.35. The Labute approximate surface area is 146 Å². The minimum Gasteiger partial charge on any atom is -0.452 e. The highest BCUT2D eigenvalue weighted by molar-refractivity contribution is 6.30. The van der Waals surface area contributed by atoms with Crippen LogP contribution in [0, 0.1) is 0 Å².